The minimum Gasteiger partial charge on any atom is -0.478 e. The van der Waals surface area contributed by atoms with Gasteiger partial charge in [-0.05, 0) is 24.5 Å². The number of hydrogen-bond acceptors (Lipinski definition) is 5. The van der Waals surface area contributed by atoms with Gasteiger partial charge in [-0.25, -0.2) is 27.6 Å². The maximum Gasteiger partial charge on any atom is 0.328 e. The van der Waals surface area contributed by atoms with Gasteiger partial charge in [0.25, 0.3) is 0 Å². The van der Waals surface area contributed by atoms with Crippen LogP contribution < -0.4 is 11.1 Å². The summed E-state index contributed by atoms with van der Waals surface area (Å²) < 4.78 is 40.1. The molecule has 3 rings (SSSR count). The summed E-state index contributed by atoms with van der Waals surface area (Å²) in [5, 5.41) is 18.2. The number of aliphatic carboxylic acids is 2. The van der Waals surface area contributed by atoms with Crippen LogP contribution in [0.3, 0.4) is 0 Å². The lowest BCUT2D eigenvalue weighted by molar-refractivity contribution is -0.134. The van der Waals surface area contributed by atoms with Crippen molar-refractivity contribution in [3.8, 4) is 0 Å². The van der Waals surface area contributed by atoms with Gasteiger partial charge in [-0.3, -0.25) is 4.79 Å². The number of carboxylic acid groups (broad SMARTS) is 2. The lowest BCUT2D eigenvalue weighted by Crippen LogP contribution is -2.44. The van der Waals surface area contributed by atoms with Gasteiger partial charge < -0.3 is 31.1 Å². The highest BCUT2D eigenvalue weighted by atomic mass is 19.2. The molecule has 0 spiro atoms. The molecule has 5 N–H and O–H groups in total. The minimum atomic E-state index is -1.26. The van der Waals surface area contributed by atoms with Crippen molar-refractivity contribution in [1.29, 1.82) is 0 Å². The topological polar surface area (TPSA) is 153 Å². The highest BCUT2D eigenvalue weighted by Gasteiger charge is 2.44. The highest BCUT2D eigenvalue weighted by Crippen LogP contribution is 2.32. The van der Waals surface area contributed by atoms with Crippen molar-refractivity contribution < 1.29 is 42.6 Å². The van der Waals surface area contributed by atoms with Crippen LogP contribution in [-0.4, -0.2) is 82.7 Å². The third kappa shape index (κ3) is 7.70. The van der Waals surface area contributed by atoms with E-state index in [0.29, 0.717) is 37.9 Å². The number of carboxylic acids is 2. The molecule has 0 saturated carbocycles. The van der Waals surface area contributed by atoms with E-state index in [1.807, 2.05) is 0 Å². The van der Waals surface area contributed by atoms with Crippen LogP contribution in [0.25, 0.3) is 0 Å². The van der Waals surface area contributed by atoms with Crippen LogP contribution in [0, 0.1) is 23.4 Å². The Morgan fingerprint density at radius 1 is 1.09 bits per heavy atom. The molecule has 2 saturated heterocycles. The lowest BCUT2D eigenvalue weighted by Gasteiger charge is -2.26. The molecule has 0 unspecified atom stereocenters. The molecule has 1 aromatic carbocycles. The van der Waals surface area contributed by atoms with Crippen molar-refractivity contribution in [2.24, 2.45) is 11.7 Å². The second-order valence-corrected chi connectivity index (χ2v) is 8.20. The van der Waals surface area contributed by atoms with Gasteiger partial charge in [0, 0.05) is 63.3 Å². The molecule has 192 valence electrons. The van der Waals surface area contributed by atoms with Gasteiger partial charge in [-0.1, -0.05) is 0 Å². The third-order valence-electron chi connectivity index (χ3n) is 5.75. The van der Waals surface area contributed by atoms with E-state index in [2.05, 4.69) is 5.32 Å². The van der Waals surface area contributed by atoms with E-state index in [4.69, 9.17) is 15.9 Å². The molecule has 0 bridgehead atoms. The van der Waals surface area contributed by atoms with Crippen LogP contribution in [0.15, 0.2) is 24.3 Å². The Morgan fingerprint density at radius 2 is 1.69 bits per heavy atom. The van der Waals surface area contributed by atoms with Gasteiger partial charge in [0.05, 0.1) is 6.04 Å². The molecule has 0 radical (unpaired) electrons. The van der Waals surface area contributed by atoms with Crippen LogP contribution in [0.2, 0.25) is 0 Å². The molecule has 2 aliphatic rings. The summed E-state index contributed by atoms with van der Waals surface area (Å²) >= 11 is 0. The highest BCUT2D eigenvalue weighted by molar-refractivity contribution is 5.89. The zero-order valence-electron chi connectivity index (χ0n) is 18.9. The van der Waals surface area contributed by atoms with E-state index < -0.39 is 35.4 Å². The van der Waals surface area contributed by atoms with E-state index in [0.717, 1.165) is 12.5 Å². The van der Waals surface area contributed by atoms with Gasteiger partial charge in [0.2, 0.25) is 5.91 Å². The molecule has 3 amide bonds. The summed E-state index contributed by atoms with van der Waals surface area (Å²) in [6.07, 6.45) is 1.84. The van der Waals surface area contributed by atoms with Crippen molar-refractivity contribution >= 4 is 23.9 Å². The first-order valence-electron chi connectivity index (χ1n) is 10.7. The van der Waals surface area contributed by atoms with Gasteiger partial charge in [0.15, 0.2) is 11.6 Å². The molecule has 35 heavy (non-hydrogen) atoms. The predicted octanol–water partition coefficient (Wildman–Crippen LogP) is 0.948. The number of amides is 3. The summed E-state index contributed by atoms with van der Waals surface area (Å²) in [4.78, 5) is 46.9. The number of nitrogens with two attached hydrogens (primary N) is 1. The number of carbonyl (C=O) groups is 4. The summed E-state index contributed by atoms with van der Waals surface area (Å²) in [6.45, 7) is 1.69. The molecule has 10 nitrogen and oxygen atoms in total. The lowest BCUT2D eigenvalue weighted by atomic mass is 10.0. The average molecular weight is 500 g/mol. The number of nitrogens with zero attached hydrogens (tertiary/aromatic N) is 2. The number of fused-ring (bicyclic) bond motifs is 1. The van der Waals surface area contributed by atoms with Gasteiger partial charge in [0.1, 0.15) is 5.82 Å². The molecular weight excluding hydrogens is 473 g/mol. The second kappa shape index (κ2) is 12.2. The number of halogens is 3. The van der Waals surface area contributed by atoms with Crippen LogP contribution in [0.5, 0.6) is 0 Å². The third-order valence-corrected chi connectivity index (χ3v) is 5.75. The van der Waals surface area contributed by atoms with Crippen LogP contribution in [0.1, 0.15) is 18.4 Å². The predicted molar refractivity (Wildman–Crippen MR) is 117 cm³/mol. The quantitative estimate of drug-likeness (QED) is 0.335. The number of hydrogen-bond donors (Lipinski definition) is 4. The Balaban J connectivity index is 0.000000466. The fourth-order valence-electron chi connectivity index (χ4n) is 4.15. The SMILES string of the molecule is CNC(=O)N1C[C@@H]2CCN(C(=O)C[C@H](N)Cc3cc(F)c(F)cc3F)[C@@H]2C1.O=C(O)C=CC(=O)O. The molecule has 2 fully saturated rings. The van der Waals surface area contributed by atoms with Gasteiger partial charge in [-0.15, -0.1) is 0 Å². The number of nitrogens with one attached hydrogen (secondary N) is 1. The first kappa shape index (κ1) is 27.6. The molecular formula is C22H27F3N4O6. The van der Waals surface area contributed by atoms with Crippen molar-refractivity contribution in [2.45, 2.75) is 31.3 Å². The van der Waals surface area contributed by atoms with Crippen molar-refractivity contribution in [3.05, 3.63) is 47.3 Å². The van der Waals surface area contributed by atoms with Crippen LogP contribution in [0.4, 0.5) is 18.0 Å². The zero-order chi connectivity index (χ0) is 26.3. The van der Waals surface area contributed by atoms with Crippen molar-refractivity contribution in [1.82, 2.24) is 15.1 Å². The normalized spacial score (nSPS) is 19.7. The number of rotatable bonds is 6. The summed E-state index contributed by atoms with van der Waals surface area (Å²) in [5.41, 5.74) is 5.91. The van der Waals surface area contributed by atoms with Crippen LogP contribution >= 0.6 is 0 Å². The second-order valence-electron chi connectivity index (χ2n) is 8.20. The Labute approximate surface area is 199 Å². The average Bonchev–Trinajstić information content (AvgIpc) is 3.37. The number of likely N-dealkylation sites (tertiary alicyclic amines) is 2. The Hall–Kier alpha value is -3.61. The van der Waals surface area contributed by atoms with E-state index in [9.17, 15) is 32.3 Å². The molecule has 3 atom stereocenters. The van der Waals surface area contributed by atoms with E-state index >= 15 is 0 Å². The number of urea groups is 1. The first-order valence-corrected chi connectivity index (χ1v) is 10.7. The number of carbonyl (C=O) groups excluding carboxylic acids is 2. The van der Waals surface area contributed by atoms with Crippen LogP contribution in [-0.2, 0) is 20.8 Å². The maximum absolute atomic E-state index is 13.8. The monoisotopic (exact) mass is 500 g/mol. The summed E-state index contributed by atoms with van der Waals surface area (Å²) in [7, 11) is 1.57. The Kier molecular flexibility index (Phi) is 9.63. The fourth-order valence-corrected chi connectivity index (χ4v) is 4.15. The molecule has 2 aliphatic heterocycles. The molecule has 0 aliphatic carbocycles. The molecule has 1 aromatic rings. The Bertz CT molecular complexity index is 990. The van der Waals surface area contributed by atoms with E-state index in [1.165, 1.54) is 0 Å². The van der Waals surface area contributed by atoms with Gasteiger partial charge >= 0.3 is 18.0 Å². The minimum absolute atomic E-state index is 0.0262. The van der Waals surface area contributed by atoms with Crippen molar-refractivity contribution in [2.75, 3.05) is 26.7 Å². The maximum atomic E-state index is 13.8. The van der Waals surface area contributed by atoms with Gasteiger partial charge in [-0.2, -0.15) is 0 Å². The van der Waals surface area contributed by atoms with E-state index in [-0.39, 0.29) is 42.3 Å². The standard InChI is InChI=1S/C18H23F3N4O2.C4H4O4/c1-23-18(27)24-8-10-2-3-25(16(10)9-24)17(26)6-12(22)4-11-5-14(20)15(21)7-13(11)19;5-3(6)1-2-4(7)8/h5,7,10,12,16H,2-4,6,8-9,22H2,1H3,(H,23,27);1-2H,(H,5,6)(H,7,8)/t10-,12+,16+;/m0./s1. The summed E-state index contributed by atoms with van der Waals surface area (Å²) in [6, 6.07) is 0.339. The Morgan fingerprint density at radius 3 is 2.26 bits per heavy atom. The van der Waals surface area contributed by atoms with E-state index in [1.54, 1.807) is 16.8 Å². The fraction of sp³-hybridized carbons (Fsp3) is 0.455. The molecule has 0 aromatic heterocycles. The zero-order valence-corrected chi connectivity index (χ0v) is 18.9. The molecule has 2 heterocycles. The molecule has 13 heteroatoms. The smallest absolute Gasteiger partial charge is 0.328 e. The first-order chi connectivity index (χ1) is 16.4. The number of benzene rings is 1. The van der Waals surface area contributed by atoms with Crippen molar-refractivity contribution in [3.63, 3.8) is 0 Å². The summed E-state index contributed by atoms with van der Waals surface area (Å²) in [5.74, 6) is -5.73. The largest absolute Gasteiger partial charge is 0.478 e.